The highest BCUT2D eigenvalue weighted by Gasteiger charge is 2.51. The van der Waals surface area contributed by atoms with E-state index in [0.717, 1.165) is 5.56 Å². The lowest BCUT2D eigenvalue weighted by atomic mass is 9.68. The van der Waals surface area contributed by atoms with Gasteiger partial charge in [0.15, 0.2) is 0 Å². The van der Waals surface area contributed by atoms with Crippen molar-refractivity contribution < 1.29 is 14.7 Å². The number of benzene rings is 1. The molecule has 4 rings (SSSR count). The van der Waals surface area contributed by atoms with Crippen molar-refractivity contribution in [1.82, 2.24) is 19.8 Å². The molecule has 1 spiro atoms. The smallest absolute Gasteiger partial charge is 0.272 e. The van der Waals surface area contributed by atoms with E-state index in [1.54, 1.807) is 36.0 Å². The number of hydrogen-bond acceptors (Lipinski definition) is 5. The number of aliphatic hydroxyl groups is 1. The summed E-state index contributed by atoms with van der Waals surface area (Å²) in [5, 5.41) is 10.9. The van der Waals surface area contributed by atoms with Gasteiger partial charge in [-0.15, -0.1) is 0 Å². The Morgan fingerprint density at radius 2 is 1.86 bits per heavy atom. The molecule has 2 saturated heterocycles. The molecular formula is C22H26N4O3. The Labute approximate surface area is 170 Å². The van der Waals surface area contributed by atoms with Gasteiger partial charge in [-0.25, -0.2) is 9.97 Å². The number of rotatable bonds is 2. The molecule has 0 bridgehead atoms. The number of aromatic nitrogens is 2. The SMILES string of the molecule is Cc1nccc(C(=O)N2CCC3(CC2)C[C@@H](O)[C@H](c2ccccc2)N(C)C3=O)n1. The summed E-state index contributed by atoms with van der Waals surface area (Å²) in [5.74, 6) is 0.481. The molecule has 29 heavy (non-hydrogen) atoms. The fraction of sp³-hybridized carbons (Fsp3) is 0.455. The lowest BCUT2D eigenvalue weighted by Gasteiger charge is -2.50. The first-order valence-electron chi connectivity index (χ1n) is 10.0. The summed E-state index contributed by atoms with van der Waals surface area (Å²) in [5.41, 5.74) is 0.708. The van der Waals surface area contributed by atoms with Crippen LogP contribution in [0.25, 0.3) is 0 Å². The maximum atomic E-state index is 13.3. The average Bonchev–Trinajstić information content (AvgIpc) is 2.73. The second-order valence-corrected chi connectivity index (χ2v) is 8.10. The highest BCUT2D eigenvalue weighted by molar-refractivity contribution is 5.92. The van der Waals surface area contributed by atoms with E-state index < -0.39 is 11.5 Å². The van der Waals surface area contributed by atoms with E-state index in [9.17, 15) is 14.7 Å². The van der Waals surface area contributed by atoms with E-state index in [2.05, 4.69) is 9.97 Å². The number of piperidine rings is 2. The van der Waals surface area contributed by atoms with Gasteiger partial charge in [-0.1, -0.05) is 30.3 Å². The first-order chi connectivity index (χ1) is 13.9. The van der Waals surface area contributed by atoms with Gasteiger partial charge < -0.3 is 14.9 Å². The van der Waals surface area contributed by atoms with E-state index in [1.807, 2.05) is 30.3 Å². The molecule has 3 heterocycles. The zero-order valence-corrected chi connectivity index (χ0v) is 16.8. The van der Waals surface area contributed by atoms with Gasteiger partial charge in [-0.05, 0) is 37.8 Å². The third kappa shape index (κ3) is 3.51. The fourth-order valence-corrected chi connectivity index (χ4v) is 4.75. The first-order valence-corrected chi connectivity index (χ1v) is 10.0. The Kier molecular flexibility index (Phi) is 5.08. The molecule has 152 valence electrons. The van der Waals surface area contributed by atoms with Crippen LogP contribution in [0.15, 0.2) is 42.6 Å². The minimum atomic E-state index is -0.633. The van der Waals surface area contributed by atoms with E-state index in [0.29, 0.717) is 43.9 Å². The van der Waals surface area contributed by atoms with Crippen molar-refractivity contribution in [1.29, 1.82) is 0 Å². The molecular weight excluding hydrogens is 368 g/mol. The van der Waals surface area contributed by atoms with Crippen molar-refractivity contribution in [3.63, 3.8) is 0 Å². The second kappa shape index (κ2) is 7.55. The van der Waals surface area contributed by atoms with Gasteiger partial charge in [0.05, 0.1) is 17.6 Å². The van der Waals surface area contributed by atoms with Crippen LogP contribution in [-0.4, -0.2) is 62.9 Å². The van der Waals surface area contributed by atoms with Crippen LogP contribution in [0.2, 0.25) is 0 Å². The van der Waals surface area contributed by atoms with Gasteiger partial charge in [-0.2, -0.15) is 0 Å². The minimum Gasteiger partial charge on any atom is -0.391 e. The van der Waals surface area contributed by atoms with E-state index >= 15 is 0 Å². The zero-order valence-electron chi connectivity index (χ0n) is 16.8. The third-order valence-corrected chi connectivity index (χ3v) is 6.30. The molecule has 0 aliphatic carbocycles. The summed E-state index contributed by atoms with van der Waals surface area (Å²) in [6.45, 7) is 2.71. The number of nitrogens with zero attached hydrogens (tertiary/aromatic N) is 4. The predicted molar refractivity (Wildman–Crippen MR) is 107 cm³/mol. The number of carbonyl (C=O) groups is 2. The Balaban J connectivity index is 1.48. The lowest BCUT2D eigenvalue weighted by molar-refractivity contribution is -0.161. The van der Waals surface area contributed by atoms with Crippen molar-refractivity contribution in [3.8, 4) is 0 Å². The maximum absolute atomic E-state index is 13.3. The van der Waals surface area contributed by atoms with Crippen molar-refractivity contribution >= 4 is 11.8 Å². The Morgan fingerprint density at radius 1 is 1.17 bits per heavy atom. The Bertz CT molecular complexity index is 909. The topological polar surface area (TPSA) is 86.6 Å². The number of hydrogen-bond donors (Lipinski definition) is 1. The summed E-state index contributed by atoms with van der Waals surface area (Å²) >= 11 is 0. The van der Waals surface area contributed by atoms with E-state index in [-0.39, 0.29) is 17.9 Å². The molecule has 0 radical (unpaired) electrons. The molecule has 2 amide bonds. The summed E-state index contributed by atoms with van der Waals surface area (Å²) in [6, 6.07) is 10.9. The largest absolute Gasteiger partial charge is 0.391 e. The van der Waals surface area contributed by atoms with E-state index in [4.69, 9.17) is 0 Å². The third-order valence-electron chi connectivity index (χ3n) is 6.30. The van der Waals surface area contributed by atoms with Crippen LogP contribution in [0.5, 0.6) is 0 Å². The highest BCUT2D eigenvalue weighted by Crippen LogP contribution is 2.46. The summed E-state index contributed by atoms with van der Waals surface area (Å²) < 4.78 is 0. The number of likely N-dealkylation sites (N-methyl/N-ethyl adjacent to an activating group) is 1. The molecule has 0 saturated carbocycles. The van der Waals surface area contributed by atoms with Crippen LogP contribution in [0.1, 0.15) is 47.2 Å². The van der Waals surface area contributed by atoms with Crippen molar-refractivity contribution in [2.75, 3.05) is 20.1 Å². The molecule has 1 aromatic carbocycles. The van der Waals surface area contributed by atoms with Crippen LogP contribution in [0.4, 0.5) is 0 Å². The minimum absolute atomic E-state index is 0.0571. The van der Waals surface area contributed by atoms with Gasteiger partial charge in [0, 0.05) is 26.3 Å². The van der Waals surface area contributed by atoms with E-state index in [1.165, 1.54) is 0 Å². The quantitative estimate of drug-likeness (QED) is 0.842. The van der Waals surface area contributed by atoms with Crippen molar-refractivity contribution in [2.45, 2.75) is 38.3 Å². The molecule has 2 atom stereocenters. The molecule has 0 unspecified atom stereocenters. The average molecular weight is 394 g/mol. The maximum Gasteiger partial charge on any atom is 0.272 e. The molecule has 2 aliphatic heterocycles. The van der Waals surface area contributed by atoms with Gasteiger partial charge >= 0.3 is 0 Å². The zero-order chi connectivity index (χ0) is 20.6. The van der Waals surface area contributed by atoms with Crippen LogP contribution in [0.3, 0.4) is 0 Å². The Hall–Kier alpha value is -2.80. The molecule has 2 aliphatic rings. The number of likely N-dealkylation sites (tertiary alicyclic amines) is 2. The fourth-order valence-electron chi connectivity index (χ4n) is 4.75. The van der Waals surface area contributed by atoms with Gasteiger partial charge in [-0.3, -0.25) is 9.59 Å². The van der Waals surface area contributed by atoms with Crippen LogP contribution in [0, 0.1) is 12.3 Å². The second-order valence-electron chi connectivity index (χ2n) is 8.10. The van der Waals surface area contributed by atoms with Gasteiger partial charge in [0.1, 0.15) is 11.5 Å². The molecule has 7 heteroatoms. The number of aliphatic hydroxyl groups excluding tert-OH is 1. The molecule has 2 fully saturated rings. The van der Waals surface area contributed by atoms with Crippen LogP contribution < -0.4 is 0 Å². The summed E-state index contributed by atoms with van der Waals surface area (Å²) in [6.07, 6.45) is 2.46. The predicted octanol–water partition coefficient (Wildman–Crippen LogP) is 1.97. The van der Waals surface area contributed by atoms with Crippen molar-refractivity contribution in [3.05, 3.63) is 59.7 Å². The first kappa shape index (κ1) is 19.5. The molecule has 2 aromatic rings. The number of carbonyl (C=O) groups excluding carboxylic acids is 2. The monoisotopic (exact) mass is 394 g/mol. The molecule has 1 N–H and O–H groups in total. The van der Waals surface area contributed by atoms with Crippen LogP contribution in [-0.2, 0) is 4.79 Å². The van der Waals surface area contributed by atoms with Gasteiger partial charge in [0.2, 0.25) is 5.91 Å². The highest BCUT2D eigenvalue weighted by atomic mass is 16.3. The Morgan fingerprint density at radius 3 is 2.52 bits per heavy atom. The number of aryl methyl sites for hydroxylation is 1. The summed E-state index contributed by atoms with van der Waals surface area (Å²) in [4.78, 5) is 37.8. The van der Waals surface area contributed by atoms with Crippen molar-refractivity contribution in [2.24, 2.45) is 5.41 Å². The standard InChI is InChI=1S/C22H26N4O3/c1-15-23-11-8-17(24-15)20(28)26-12-9-22(10-13-26)14-18(27)19(25(2)21(22)29)16-6-4-3-5-7-16/h3-8,11,18-19,27H,9-10,12-14H2,1-2H3/t18-,19+/m1/s1. The normalized spacial score (nSPS) is 24.0. The number of amides is 2. The molecule has 7 nitrogen and oxygen atoms in total. The van der Waals surface area contributed by atoms with Gasteiger partial charge in [0.25, 0.3) is 5.91 Å². The summed E-state index contributed by atoms with van der Waals surface area (Å²) in [7, 11) is 1.77. The lowest BCUT2D eigenvalue weighted by Crippen LogP contribution is -2.58. The van der Waals surface area contributed by atoms with Crippen LogP contribution >= 0.6 is 0 Å². The molecule has 1 aromatic heterocycles.